The van der Waals surface area contributed by atoms with E-state index in [0.29, 0.717) is 11.2 Å². The molecule has 0 bridgehead atoms. The highest BCUT2D eigenvalue weighted by Gasteiger charge is 2.20. The summed E-state index contributed by atoms with van der Waals surface area (Å²) < 4.78 is 2.09. The Morgan fingerprint density at radius 1 is 1.15 bits per heavy atom. The zero-order valence-corrected chi connectivity index (χ0v) is 15.5. The summed E-state index contributed by atoms with van der Waals surface area (Å²) in [6.45, 7) is 4.21. The number of imidazole rings is 1. The molecule has 3 heterocycles. The van der Waals surface area contributed by atoms with Gasteiger partial charge in [-0.3, -0.25) is 9.38 Å². The van der Waals surface area contributed by atoms with Crippen molar-refractivity contribution in [3.8, 4) is 6.07 Å². The number of aromatic nitrogens is 3. The molecule has 0 saturated carbocycles. The predicted octanol–water partition coefficient (Wildman–Crippen LogP) is 5.15. The van der Waals surface area contributed by atoms with Crippen molar-refractivity contribution >= 4 is 28.2 Å². The lowest BCUT2D eigenvalue weighted by molar-refractivity contribution is 0.788. The maximum Gasteiger partial charge on any atom is 0.157 e. The zero-order valence-electron chi connectivity index (χ0n) is 15.5. The van der Waals surface area contributed by atoms with E-state index in [0.717, 1.165) is 47.4 Å². The van der Waals surface area contributed by atoms with Gasteiger partial charge < -0.3 is 5.32 Å². The smallest absolute Gasteiger partial charge is 0.157 e. The maximum atomic E-state index is 9.84. The Hall–Kier alpha value is -3.39. The van der Waals surface area contributed by atoms with Crippen molar-refractivity contribution in [2.24, 2.45) is 0 Å². The van der Waals surface area contributed by atoms with Crippen LogP contribution in [0.15, 0.2) is 48.8 Å². The van der Waals surface area contributed by atoms with E-state index in [1.54, 1.807) is 12.4 Å². The second-order valence-corrected chi connectivity index (χ2v) is 6.66. The summed E-state index contributed by atoms with van der Waals surface area (Å²) in [4.78, 5) is 8.86. The van der Waals surface area contributed by atoms with E-state index in [4.69, 9.17) is 4.98 Å². The van der Waals surface area contributed by atoms with Gasteiger partial charge in [-0.2, -0.15) is 5.26 Å². The van der Waals surface area contributed by atoms with Crippen LogP contribution in [-0.4, -0.2) is 14.4 Å². The Balaban J connectivity index is 2.08. The maximum absolute atomic E-state index is 9.84. The van der Waals surface area contributed by atoms with Crippen LogP contribution in [0.1, 0.15) is 36.5 Å². The molecule has 27 heavy (non-hydrogen) atoms. The van der Waals surface area contributed by atoms with Crippen molar-refractivity contribution in [2.45, 2.75) is 33.1 Å². The van der Waals surface area contributed by atoms with Crippen LogP contribution in [0.2, 0.25) is 0 Å². The fourth-order valence-corrected chi connectivity index (χ4v) is 3.55. The first-order valence-corrected chi connectivity index (χ1v) is 9.24. The molecule has 0 radical (unpaired) electrons. The molecule has 5 nitrogen and oxygen atoms in total. The van der Waals surface area contributed by atoms with Crippen LogP contribution in [-0.2, 0) is 6.42 Å². The average molecular weight is 355 g/mol. The number of unbranched alkanes of at least 4 members (excludes halogenated alkanes) is 1. The first kappa shape index (κ1) is 17.0. The van der Waals surface area contributed by atoms with Crippen LogP contribution in [0.4, 0.5) is 11.5 Å². The van der Waals surface area contributed by atoms with Gasteiger partial charge in [0.1, 0.15) is 11.9 Å². The largest absolute Gasteiger partial charge is 0.341 e. The van der Waals surface area contributed by atoms with Gasteiger partial charge in [-0.1, -0.05) is 25.5 Å². The van der Waals surface area contributed by atoms with E-state index in [2.05, 4.69) is 27.7 Å². The lowest BCUT2D eigenvalue weighted by atomic mass is 9.99. The van der Waals surface area contributed by atoms with E-state index < -0.39 is 0 Å². The standard InChI is InChI=1S/C22H21N5/c1-3-4-7-17-15(2)18(14-23)22-26-19-8-5-6-9-20(19)27(22)21(17)25-16-10-12-24-13-11-16/h5-6,8-13H,3-4,7H2,1-2H3,(H,24,25). The van der Waals surface area contributed by atoms with Crippen molar-refractivity contribution in [2.75, 3.05) is 5.32 Å². The number of hydrogen-bond donors (Lipinski definition) is 1. The van der Waals surface area contributed by atoms with Gasteiger partial charge in [-0.15, -0.1) is 0 Å². The normalized spacial score (nSPS) is 11.0. The molecule has 3 aromatic heterocycles. The molecular weight excluding hydrogens is 334 g/mol. The van der Waals surface area contributed by atoms with Crippen LogP contribution in [0.5, 0.6) is 0 Å². The highest BCUT2D eigenvalue weighted by Crippen LogP contribution is 2.33. The summed E-state index contributed by atoms with van der Waals surface area (Å²) >= 11 is 0. The number of nitrogens with zero attached hydrogens (tertiary/aromatic N) is 4. The molecule has 0 fully saturated rings. The van der Waals surface area contributed by atoms with Gasteiger partial charge in [-0.25, -0.2) is 4.98 Å². The highest BCUT2D eigenvalue weighted by atomic mass is 15.1. The molecule has 0 aliphatic heterocycles. The molecule has 134 valence electrons. The van der Waals surface area contributed by atoms with Crippen LogP contribution in [0, 0.1) is 18.3 Å². The molecule has 4 rings (SSSR count). The molecule has 1 N–H and O–H groups in total. The first-order valence-electron chi connectivity index (χ1n) is 9.24. The molecule has 0 aliphatic rings. The Labute approximate surface area is 158 Å². The number of nitrogens with one attached hydrogen (secondary N) is 1. The summed E-state index contributed by atoms with van der Waals surface area (Å²) in [5, 5.41) is 13.4. The third-order valence-electron chi connectivity index (χ3n) is 4.96. The molecule has 5 heteroatoms. The Bertz CT molecular complexity index is 1150. The van der Waals surface area contributed by atoms with Gasteiger partial charge in [0.2, 0.25) is 0 Å². The summed E-state index contributed by atoms with van der Waals surface area (Å²) in [5.41, 5.74) is 6.37. The number of hydrogen-bond acceptors (Lipinski definition) is 4. The van der Waals surface area contributed by atoms with Crippen LogP contribution >= 0.6 is 0 Å². The Kier molecular flexibility index (Phi) is 4.47. The van der Waals surface area contributed by atoms with Crippen LogP contribution in [0.25, 0.3) is 16.7 Å². The van der Waals surface area contributed by atoms with E-state index in [1.807, 2.05) is 43.3 Å². The zero-order chi connectivity index (χ0) is 18.8. The number of pyridine rings is 2. The van der Waals surface area contributed by atoms with Crippen molar-refractivity contribution in [3.63, 3.8) is 0 Å². The van der Waals surface area contributed by atoms with E-state index in [9.17, 15) is 5.26 Å². The highest BCUT2D eigenvalue weighted by molar-refractivity contribution is 5.87. The number of benzene rings is 1. The van der Waals surface area contributed by atoms with Crippen molar-refractivity contribution in [3.05, 3.63) is 65.5 Å². The van der Waals surface area contributed by atoms with Gasteiger partial charge >= 0.3 is 0 Å². The van der Waals surface area contributed by atoms with E-state index in [-0.39, 0.29) is 0 Å². The minimum Gasteiger partial charge on any atom is -0.341 e. The van der Waals surface area contributed by atoms with E-state index in [1.165, 1.54) is 5.56 Å². The number of anilines is 2. The molecule has 0 saturated heterocycles. The summed E-state index contributed by atoms with van der Waals surface area (Å²) in [7, 11) is 0. The summed E-state index contributed by atoms with van der Waals surface area (Å²) in [5.74, 6) is 0.981. The minimum absolute atomic E-state index is 0.651. The van der Waals surface area contributed by atoms with Gasteiger partial charge in [0.15, 0.2) is 5.65 Å². The number of para-hydroxylation sites is 2. The quantitative estimate of drug-likeness (QED) is 0.538. The van der Waals surface area contributed by atoms with Crippen LogP contribution < -0.4 is 5.32 Å². The second-order valence-electron chi connectivity index (χ2n) is 6.66. The minimum atomic E-state index is 0.651. The lowest BCUT2D eigenvalue weighted by Crippen LogP contribution is -2.08. The molecule has 0 unspecified atom stereocenters. The number of fused-ring (bicyclic) bond motifs is 3. The molecule has 0 atom stereocenters. The fourth-order valence-electron chi connectivity index (χ4n) is 3.55. The van der Waals surface area contributed by atoms with Crippen LogP contribution in [0.3, 0.4) is 0 Å². The Morgan fingerprint density at radius 2 is 1.93 bits per heavy atom. The molecule has 4 aromatic rings. The lowest BCUT2D eigenvalue weighted by Gasteiger charge is -2.18. The molecule has 0 spiro atoms. The summed E-state index contributed by atoms with van der Waals surface area (Å²) in [6.07, 6.45) is 6.61. The summed E-state index contributed by atoms with van der Waals surface area (Å²) in [6, 6.07) is 14.3. The SMILES string of the molecule is CCCCc1c(C)c(C#N)c2nc3ccccc3n2c1Nc1ccncc1. The molecule has 0 amide bonds. The monoisotopic (exact) mass is 355 g/mol. The third kappa shape index (κ3) is 2.89. The predicted molar refractivity (Wildman–Crippen MR) is 108 cm³/mol. The van der Waals surface area contributed by atoms with Gasteiger partial charge in [0.05, 0.1) is 16.6 Å². The van der Waals surface area contributed by atoms with Crippen molar-refractivity contribution in [1.29, 1.82) is 5.26 Å². The van der Waals surface area contributed by atoms with Gasteiger partial charge in [0.25, 0.3) is 0 Å². The average Bonchev–Trinajstić information content (AvgIpc) is 3.08. The number of rotatable bonds is 5. The molecular formula is C22H21N5. The second kappa shape index (κ2) is 7.08. The Morgan fingerprint density at radius 3 is 2.67 bits per heavy atom. The molecule has 0 aliphatic carbocycles. The van der Waals surface area contributed by atoms with Gasteiger partial charge in [0, 0.05) is 18.1 Å². The van der Waals surface area contributed by atoms with Gasteiger partial charge in [-0.05, 0) is 55.2 Å². The molecule has 1 aromatic carbocycles. The van der Waals surface area contributed by atoms with Crippen molar-refractivity contribution < 1.29 is 0 Å². The third-order valence-corrected chi connectivity index (χ3v) is 4.96. The van der Waals surface area contributed by atoms with E-state index >= 15 is 0 Å². The topological polar surface area (TPSA) is 66.0 Å². The number of nitriles is 1. The first-order chi connectivity index (χ1) is 13.2. The fraction of sp³-hybridized carbons (Fsp3) is 0.227. The van der Waals surface area contributed by atoms with Crippen molar-refractivity contribution in [1.82, 2.24) is 14.4 Å².